The van der Waals surface area contributed by atoms with Gasteiger partial charge < -0.3 is 19.7 Å². The fourth-order valence-electron chi connectivity index (χ4n) is 4.77. The van der Waals surface area contributed by atoms with Crippen molar-refractivity contribution in [2.45, 2.75) is 50.6 Å². The first kappa shape index (κ1) is 20.4. The van der Waals surface area contributed by atoms with Crippen LogP contribution < -0.4 is 14.8 Å². The molecule has 0 bridgehead atoms. The second-order valence-electron chi connectivity index (χ2n) is 8.20. The summed E-state index contributed by atoms with van der Waals surface area (Å²) in [5.74, 6) is 2.28. The molecule has 1 N–H and O–H groups in total. The number of ether oxygens (including phenoxy) is 2. The van der Waals surface area contributed by atoms with Gasteiger partial charge in [0.1, 0.15) is 0 Å². The quantitative estimate of drug-likeness (QED) is 0.826. The molecule has 1 aliphatic heterocycles. The molecule has 3 unspecified atom stereocenters. The summed E-state index contributed by atoms with van der Waals surface area (Å²) in [6.45, 7) is 6.87. The summed E-state index contributed by atoms with van der Waals surface area (Å²) in [6, 6.07) is 5.50. The summed E-state index contributed by atoms with van der Waals surface area (Å²) < 4.78 is 11.3. The Morgan fingerprint density at radius 3 is 2.33 bits per heavy atom. The monoisotopic (exact) mass is 375 g/mol. The van der Waals surface area contributed by atoms with Crippen molar-refractivity contribution in [3.8, 4) is 11.5 Å². The number of hydrogen-bond donors (Lipinski definition) is 1. The Bertz CT molecular complexity index is 614. The Balaban J connectivity index is 1.94. The smallest absolute Gasteiger partial charge is 0.161 e. The first-order valence-corrected chi connectivity index (χ1v) is 10.4. The molecule has 0 amide bonds. The second-order valence-corrected chi connectivity index (χ2v) is 8.20. The van der Waals surface area contributed by atoms with Gasteiger partial charge in [-0.05, 0) is 69.5 Å². The molecule has 1 aromatic rings. The van der Waals surface area contributed by atoms with Crippen LogP contribution in [-0.4, -0.2) is 70.3 Å². The molecule has 0 radical (unpaired) electrons. The van der Waals surface area contributed by atoms with Gasteiger partial charge >= 0.3 is 0 Å². The van der Waals surface area contributed by atoms with Gasteiger partial charge in [0.2, 0.25) is 0 Å². The summed E-state index contributed by atoms with van der Waals surface area (Å²) in [5, 5.41) is 3.50. The van der Waals surface area contributed by atoms with Gasteiger partial charge in [-0.25, -0.2) is 0 Å². The Morgan fingerprint density at radius 2 is 1.70 bits per heavy atom. The first-order valence-electron chi connectivity index (χ1n) is 10.4. The van der Waals surface area contributed by atoms with Crippen LogP contribution in [0.2, 0.25) is 0 Å². The molecule has 1 aliphatic carbocycles. The van der Waals surface area contributed by atoms with Crippen LogP contribution in [-0.2, 0) is 0 Å². The van der Waals surface area contributed by atoms with E-state index in [4.69, 9.17) is 9.47 Å². The first-order chi connectivity index (χ1) is 13.1. The number of nitrogens with zero attached hydrogens (tertiary/aromatic N) is 2. The zero-order valence-corrected chi connectivity index (χ0v) is 17.8. The average Bonchev–Trinajstić information content (AvgIpc) is 2.72. The van der Waals surface area contributed by atoms with E-state index >= 15 is 0 Å². The molecule has 3 atom stereocenters. The van der Waals surface area contributed by atoms with Crippen molar-refractivity contribution in [3.63, 3.8) is 0 Å². The van der Waals surface area contributed by atoms with Gasteiger partial charge in [0.15, 0.2) is 11.5 Å². The molecule has 2 aliphatic rings. The molecule has 2 fully saturated rings. The lowest BCUT2D eigenvalue weighted by atomic mass is 9.78. The van der Waals surface area contributed by atoms with E-state index in [1.54, 1.807) is 14.2 Å². The molecule has 1 saturated heterocycles. The van der Waals surface area contributed by atoms with Crippen LogP contribution in [0.15, 0.2) is 12.1 Å². The minimum absolute atomic E-state index is 0.392. The Labute approximate surface area is 165 Å². The van der Waals surface area contributed by atoms with Crippen molar-refractivity contribution in [3.05, 3.63) is 23.3 Å². The van der Waals surface area contributed by atoms with Gasteiger partial charge in [0.25, 0.3) is 0 Å². The Kier molecular flexibility index (Phi) is 7.01. The van der Waals surface area contributed by atoms with E-state index < -0.39 is 0 Å². The van der Waals surface area contributed by atoms with Crippen LogP contribution in [0.25, 0.3) is 0 Å². The summed E-state index contributed by atoms with van der Waals surface area (Å²) >= 11 is 0. The average molecular weight is 376 g/mol. The molecule has 27 heavy (non-hydrogen) atoms. The summed E-state index contributed by atoms with van der Waals surface area (Å²) in [6.07, 6.45) is 5.03. The topological polar surface area (TPSA) is 37.0 Å². The van der Waals surface area contributed by atoms with Crippen LogP contribution in [0.1, 0.15) is 55.7 Å². The van der Waals surface area contributed by atoms with Gasteiger partial charge in [-0.1, -0.05) is 6.42 Å². The van der Waals surface area contributed by atoms with Gasteiger partial charge in [0, 0.05) is 38.3 Å². The van der Waals surface area contributed by atoms with E-state index in [1.165, 1.54) is 36.8 Å². The number of likely N-dealkylation sites (N-methyl/N-ethyl adjacent to an activating group) is 1. The molecule has 1 heterocycles. The predicted octanol–water partition coefficient (Wildman–Crippen LogP) is 3.26. The highest BCUT2D eigenvalue weighted by Crippen LogP contribution is 2.42. The standard InChI is InChI=1S/C22H37N3O2/c1-16(25-11-9-24(3)10-12-25)19-14-21(26-4)22(27-5)15-20(19)17-7-6-8-18(13-17)23-2/h14-18,23H,6-13H2,1-5H3. The fraction of sp³-hybridized carbons (Fsp3) is 0.727. The van der Waals surface area contributed by atoms with E-state index in [1.807, 2.05) is 0 Å². The van der Waals surface area contributed by atoms with Crippen molar-refractivity contribution >= 4 is 0 Å². The van der Waals surface area contributed by atoms with E-state index in [0.717, 1.165) is 37.7 Å². The lowest BCUT2D eigenvalue weighted by Crippen LogP contribution is -2.45. The molecule has 5 heteroatoms. The minimum atomic E-state index is 0.392. The van der Waals surface area contributed by atoms with E-state index in [2.05, 4.69) is 48.3 Å². The van der Waals surface area contributed by atoms with Crippen molar-refractivity contribution in [1.29, 1.82) is 0 Å². The summed E-state index contributed by atoms with van der Waals surface area (Å²) in [4.78, 5) is 5.03. The van der Waals surface area contributed by atoms with Gasteiger partial charge in [-0.2, -0.15) is 0 Å². The van der Waals surface area contributed by atoms with Gasteiger partial charge in [0.05, 0.1) is 14.2 Å². The Hall–Kier alpha value is -1.30. The largest absolute Gasteiger partial charge is 0.493 e. The molecule has 1 saturated carbocycles. The zero-order valence-electron chi connectivity index (χ0n) is 17.8. The molecule has 1 aromatic carbocycles. The van der Waals surface area contributed by atoms with E-state index in [9.17, 15) is 0 Å². The zero-order chi connectivity index (χ0) is 19.4. The molecule has 0 spiro atoms. The maximum Gasteiger partial charge on any atom is 0.161 e. The number of hydrogen-bond acceptors (Lipinski definition) is 5. The third-order valence-electron chi connectivity index (χ3n) is 6.65. The van der Waals surface area contributed by atoms with Crippen molar-refractivity contribution in [2.24, 2.45) is 0 Å². The lowest BCUT2D eigenvalue weighted by Gasteiger charge is -2.39. The molecular weight excluding hydrogens is 338 g/mol. The number of rotatable bonds is 6. The molecular formula is C22H37N3O2. The minimum Gasteiger partial charge on any atom is -0.493 e. The van der Waals surface area contributed by atoms with Crippen LogP contribution in [0.3, 0.4) is 0 Å². The summed E-state index contributed by atoms with van der Waals surface area (Å²) in [5.41, 5.74) is 2.87. The highest BCUT2D eigenvalue weighted by molar-refractivity contribution is 5.50. The number of piperazine rings is 1. The van der Waals surface area contributed by atoms with Crippen LogP contribution in [0.5, 0.6) is 11.5 Å². The highest BCUT2D eigenvalue weighted by Gasteiger charge is 2.29. The van der Waals surface area contributed by atoms with Gasteiger partial charge in [-0.15, -0.1) is 0 Å². The third kappa shape index (κ3) is 4.58. The van der Waals surface area contributed by atoms with E-state index in [-0.39, 0.29) is 0 Å². The van der Waals surface area contributed by atoms with E-state index in [0.29, 0.717) is 18.0 Å². The van der Waals surface area contributed by atoms with Crippen molar-refractivity contribution in [1.82, 2.24) is 15.1 Å². The molecule has 152 valence electrons. The Morgan fingerprint density at radius 1 is 1.04 bits per heavy atom. The fourth-order valence-corrected chi connectivity index (χ4v) is 4.77. The normalized spacial score (nSPS) is 26.0. The highest BCUT2D eigenvalue weighted by atomic mass is 16.5. The number of nitrogens with one attached hydrogen (secondary N) is 1. The van der Waals surface area contributed by atoms with Crippen molar-refractivity contribution < 1.29 is 9.47 Å². The van der Waals surface area contributed by atoms with Gasteiger partial charge in [-0.3, -0.25) is 4.90 Å². The maximum absolute atomic E-state index is 5.65. The molecule has 5 nitrogen and oxygen atoms in total. The SMILES string of the molecule is CNC1CCCC(c2cc(OC)c(OC)cc2C(C)N2CCN(C)CC2)C1. The summed E-state index contributed by atoms with van der Waals surface area (Å²) in [7, 11) is 7.78. The van der Waals surface area contributed by atoms with Crippen LogP contribution >= 0.6 is 0 Å². The lowest BCUT2D eigenvalue weighted by molar-refractivity contribution is 0.118. The second kappa shape index (κ2) is 9.26. The molecule has 0 aromatic heterocycles. The van der Waals surface area contributed by atoms with Crippen LogP contribution in [0, 0.1) is 0 Å². The third-order valence-corrected chi connectivity index (χ3v) is 6.65. The molecule has 3 rings (SSSR count). The van der Waals surface area contributed by atoms with Crippen LogP contribution in [0.4, 0.5) is 0 Å². The van der Waals surface area contributed by atoms with Crippen molar-refractivity contribution in [2.75, 3.05) is 54.5 Å². The number of methoxy groups -OCH3 is 2. The maximum atomic E-state index is 5.65. The number of benzene rings is 1. The predicted molar refractivity (Wildman–Crippen MR) is 111 cm³/mol.